The van der Waals surface area contributed by atoms with Crippen LogP contribution in [-0.2, 0) is 19.1 Å². The van der Waals surface area contributed by atoms with Crippen LogP contribution >= 0.6 is 11.6 Å². The average Bonchev–Trinajstić information content (AvgIpc) is 2.82. The first-order valence-corrected chi connectivity index (χ1v) is 7.16. The Labute approximate surface area is 143 Å². The minimum absolute atomic E-state index is 0.0229. The zero-order chi connectivity index (χ0) is 17.7. The Morgan fingerprint density at radius 1 is 1.17 bits per heavy atom. The largest absolute Gasteiger partial charge is 0.465 e. The maximum Gasteiger partial charge on any atom is 0.355 e. The molecule has 0 saturated carbocycles. The van der Waals surface area contributed by atoms with Gasteiger partial charge in [0.05, 0.1) is 42.1 Å². The second kappa shape index (κ2) is 7.49. The molecule has 0 atom stereocenters. The van der Waals surface area contributed by atoms with Crippen LogP contribution in [-0.4, -0.2) is 26.2 Å². The second-order valence-corrected chi connectivity index (χ2v) is 5.00. The van der Waals surface area contributed by atoms with E-state index in [1.165, 1.54) is 31.3 Å². The molecule has 1 aromatic carbocycles. The van der Waals surface area contributed by atoms with E-state index in [2.05, 4.69) is 0 Å². The molecule has 0 amide bonds. The van der Waals surface area contributed by atoms with Crippen molar-refractivity contribution in [1.29, 1.82) is 5.26 Å². The highest BCUT2D eigenvalue weighted by molar-refractivity contribution is 6.33. The third-order valence-corrected chi connectivity index (χ3v) is 3.53. The topological polar surface area (TPSA) is 79.6 Å². The van der Waals surface area contributed by atoms with Crippen LogP contribution in [0, 0.1) is 11.3 Å². The van der Waals surface area contributed by atoms with Crippen LogP contribution in [0.3, 0.4) is 0 Å². The Morgan fingerprint density at radius 2 is 1.88 bits per heavy atom. The minimum Gasteiger partial charge on any atom is -0.465 e. The molecule has 0 saturated heterocycles. The molecule has 1 aliphatic rings. The van der Waals surface area contributed by atoms with Crippen molar-refractivity contribution in [1.82, 2.24) is 0 Å². The minimum atomic E-state index is -0.730. The molecule has 6 nitrogen and oxygen atoms in total. The summed E-state index contributed by atoms with van der Waals surface area (Å²) in [4.78, 5) is 25.7. The number of nitriles is 1. The summed E-state index contributed by atoms with van der Waals surface area (Å²) in [6, 6.07) is 6.58. The van der Waals surface area contributed by atoms with Crippen LogP contribution in [0.4, 0.5) is 5.69 Å². The number of halogens is 1. The number of hydrogen-bond acceptors (Lipinski definition) is 6. The maximum absolute atomic E-state index is 12.3. The van der Waals surface area contributed by atoms with Gasteiger partial charge in [-0.3, -0.25) is 0 Å². The molecular formula is C17H13ClN2O4. The first-order chi connectivity index (χ1) is 11.5. The number of ether oxygens (including phenoxy) is 2. The van der Waals surface area contributed by atoms with Crippen molar-refractivity contribution in [2.75, 3.05) is 19.1 Å². The summed E-state index contributed by atoms with van der Waals surface area (Å²) in [5.41, 5.74) is 0.769. The fourth-order valence-electron chi connectivity index (χ4n) is 2.12. The van der Waals surface area contributed by atoms with Crippen molar-refractivity contribution in [3.63, 3.8) is 0 Å². The van der Waals surface area contributed by atoms with Crippen LogP contribution in [0.15, 0.2) is 53.9 Å². The third kappa shape index (κ3) is 3.31. The number of benzene rings is 1. The Hall–Kier alpha value is -3.04. The van der Waals surface area contributed by atoms with Gasteiger partial charge in [0, 0.05) is 6.20 Å². The number of hydrogen-bond donors (Lipinski definition) is 0. The molecule has 0 aliphatic carbocycles. The summed E-state index contributed by atoms with van der Waals surface area (Å²) < 4.78 is 9.53. The lowest BCUT2D eigenvalue weighted by Crippen LogP contribution is -2.27. The predicted molar refractivity (Wildman–Crippen MR) is 88.0 cm³/mol. The number of anilines is 1. The summed E-state index contributed by atoms with van der Waals surface area (Å²) in [6.07, 6.45) is 6.23. The van der Waals surface area contributed by atoms with E-state index in [0.29, 0.717) is 11.3 Å². The molecular weight excluding hydrogens is 332 g/mol. The fourth-order valence-corrected chi connectivity index (χ4v) is 2.39. The van der Waals surface area contributed by atoms with E-state index in [4.69, 9.17) is 26.3 Å². The number of methoxy groups -OCH3 is 2. The van der Waals surface area contributed by atoms with E-state index in [9.17, 15) is 9.59 Å². The van der Waals surface area contributed by atoms with Gasteiger partial charge in [0.2, 0.25) is 0 Å². The number of nitrogens with zero attached hydrogens (tertiary/aromatic N) is 2. The molecule has 24 heavy (non-hydrogen) atoms. The van der Waals surface area contributed by atoms with E-state index in [1.807, 2.05) is 6.07 Å². The molecule has 0 unspecified atom stereocenters. The van der Waals surface area contributed by atoms with Gasteiger partial charge in [0.25, 0.3) is 0 Å². The van der Waals surface area contributed by atoms with Gasteiger partial charge in [-0.25, -0.2) is 9.59 Å². The monoisotopic (exact) mass is 344 g/mol. The molecule has 0 bridgehead atoms. The third-order valence-electron chi connectivity index (χ3n) is 3.23. The first-order valence-electron chi connectivity index (χ1n) is 6.78. The van der Waals surface area contributed by atoms with Crippen LogP contribution in [0.2, 0.25) is 5.02 Å². The molecule has 0 fully saturated rings. The lowest BCUT2D eigenvalue weighted by molar-refractivity contribution is -0.139. The van der Waals surface area contributed by atoms with Gasteiger partial charge in [0.1, 0.15) is 5.70 Å². The molecule has 0 spiro atoms. The van der Waals surface area contributed by atoms with Gasteiger partial charge in [0.15, 0.2) is 0 Å². The van der Waals surface area contributed by atoms with Crippen LogP contribution in [0.1, 0.15) is 5.56 Å². The number of carbonyl (C=O) groups is 2. The van der Waals surface area contributed by atoms with Crippen LogP contribution in [0.5, 0.6) is 0 Å². The van der Waals surface area contributed by atoms with E-state index in [1.54, 1.807) is 30.5 Å². The van der Waals surface area contributed by atoms with Gasteiger partial charge in [-0.15, -0.1) is 0 Å². The quantitative estimate of drug-likeness (QED) is 0.784. The first kappa shape index (κ1) is 17.3. The number of rotatable bonds is 3. The Balaban J connectivity index is 2.68. The Bertz CT molecular complexity index is 818. The summed E-state index contributed by atoms with van der Waals surface area (Å²) in [5, 5.41) is 9.18. The van der Waals surface area contributed by atoms with E-state index in [-0.39, 0.29) is 16.3 Å². The van der Waals surface area contributed by atoms with Crippen molar-refractivity contribution < 1.29 is 19.1 Å². The molecule has 1 aromatic rings. The summed E-state index contributed by atoms with van der Waals surface area (Å²) >= 11 is 6.23. The Morgan fingerprint density at radius 3 is 2.46 bits per heavy atom. The number of carbonyl (C=O) groups excluding carboxylic acids is 2. The summed E-state index contributed by atoms with van der Waals surface area (Å²) in [6.45, 7) is 0. The highest BCUT2D eigenvalue weighted by Gasteiger charge is 2.28. The lowest BCUT2D eigenvalue weighted by Gasteiger charge is -2.24. The molecule has 122 valence electrons. The van der Waals surface area contributed by atoms with Gasteiger partial charge in [-0.05, 0) is 30.4 Å². The normalized spacial score (nSPS) is 13.3. The Kier molecular flexibility index (Phi) is 5.40. The zero-order valence-corrected chi connectivity index (χ0v) is 13.7. The maximum atomic E-state index is 12.3. The van der Waals surface area contributed by atoms with Crippen molar-refractivity contribution in [2.24, 2.45) is 0 Å². The van der Waals surface area contributed by atoms with Crippen molar-refractivity contribution in [3.05, 3.63) is 64.5 Å². The molecule has 0 aromatic heterocycles. The SMILES string of the molecule is COC(=O)C1=C(C(=O)OC)N(c2ccc(C#N)cc2Cl)C=CC=C1. The molecule has 7 heteroatoms. The molecule has 1 heterocycles. The predicted octanol–water partition coefficient (Wildman–Crippen LogP) is 2.70. The van der Waals surface area contributed by atoms with Crippen molar-refractivity contribution >= 4 is 29.2 Å². The van der Waals surface area contributed by atoms with Crippen LogP contribution < -0.4 is 4.90 Å². The van der Waals surface area contributed by atoms with Gasteiger partial charge >= 0.3 is 11.9 Å². The molecule has 2 rings (SSSR count). The molecule has 0 N–H and O–H groups in total. The zero-order valence-electron chi connectivity index (χ0n) is 12.9. The van der Waals surface area contributed by atoms with Gasteiger partial charge in [-0.1, -0.05) is 17.7 Å². The van der Waals surface area contributed by atoms with Crippen molar-refractivity contribution in [3.8, 4) is 6.07 Å². The summed E-state index contributed by atoms with van der Waals surface area (Å²) in [7, 11) is 2.43. The standard InChI is InChI=1S/C17H13ClN2O4/c1-23-16(21)12-5-3-4-8-20(15(12)17(22)24-2)14-7-6-11(10-19)9-13(14)18/h3-9H,1-2H3. The molecule has 1 aliphatic heterocycles. The van der Waals surface area contributed by atoms with E-state index in [0.717, 1.165) is 0 Å². The van der Waals surface area contributed by atoms with E-state index < -0.39 is 11.9 Å². The van der Waals surface area contributed by atoms with E-state index >= 15 is 0 Å². The summed E-state index contributed by atoms with van der Waals surface area (Å²) in [5.74, 6) is -1.42. The highest BCUT2D eigenvalue weighted by Crippen LogP contribution is 2.32. The number of allylic oxidation sites excluding steroid dienone is 2. The second-order valence-electron chi connectivity index (χ2n) is 4.59. The molecule has 0 radical (unpaired) electrons. The highest BCUT2D eigenvalue weighted by atomic mass is 35.5. The lowest BCUT2D eigenvalue weighted by atomic mass is 10.1. The average molecular weight is 345 g/mol. The van der Waals surface area contributed by atoms with Gasteiger partial charge in [-0.2, -0.15) is 5.26 Å². The van der Waals surface area contributed by atoms with Crippen molar-refractivity contribution in [2.45, 2.75) is 0 Å². The smallest absolute Gasteiger partial charge is 0.355 e. The van der Waals surface area contributed by atoms with Crippen LogP contribution in [0.25, 0.3) is 0 Å². The van der Waals surface area contributed by atoms with Gasteiger partial charge < -0.3 is 14.4 Å². The number of esters is 2. The fraction of sp³-hybridized carbons (Fsp3) is 0.118.